The van der Waals surface area contributed by atoms with Crippen LogP contribution >= 0.6 is 11.8 Å². The fourth-order valence-electron chi connectivity index (χ4n) is 2.80. The number of rotatable bonds is 13. The molecule has 2 N–H and O–H groups in total. The van der Waals surface area contributed by atoms with Crippen molar-refractivity contribution in [3.05, 3.63) is 0 Å². The van der Waals surface area contributed by atoms with E-state index in [2.05, 4.69) is 10.6 Å². The number of unbranched alkanes of at least 4 members (excludes halogenated alkanes) is 2. The van der Waals surface area contributed by atoms with Gasteiger partial charge in [-0.25, -0.2) is 9.59 Å². The molecule has 2 amide bonds. The number of methoxy groups -OCH3 is 1. The molecule has 0 aromatic heterocycles. The number of carbonyl (C=O) groups excluding carboxylic acids is 4. The highest BCUT2D eigenvalue weighted by atomic mass is 32.2. The predicted molar refractivity (Wildman–Crippen MR) is 129 cm³/mol. The van der Waals surface area contributed by atoms with Crippen LogP contribution in [-0.2, 0) is 28.6 Å². The van der Waals surface area contributed by atoms with E-state index in [1.54, 1.807) is 32.5 Å². The summed E-state index contributed by atoms with van der Waals surface area (Å²) in [6, 6.07) is -1.69. The van der Waals surface area contributed by atoms with Crippen molar-refractivity contribution in [3.63, 3.8) is 0 Å². The smallest absolute Gasteiger partial charge is 0.408 e. The first-order valence-electron chi connectivity index (χ1n) is 11.3. The van der Waals surface area contributed by atoms with Crippen LogP contribution < -0.4 is 10.6 Å². The maximum Gasteiger partial charge on any atom is 0.408 e. The number of thioether (sulfide) groups is 1. The Morgan fingerprint density at radius 3 is 1.94 bits per heavy atom. The lowest BCUT2D eigenvalue weighted by Gasteiger charge is -2.25. The molecule has 0 fully saturated rings. The molecule has 33 heavy (non-hydrogen) atoms. The number of ether oxygens (including phenoxy) is 3. The first kappa shape index (κ1) is 31.0. The third-order valence-electron chi connectivity index (χ3n) is 4.21. The molecule has 0 saturated carbocycles. The minimum atomic E-state index is -0.886. The van der Waals surface area contributed by atoms with Crippen LogP contribution in [0.15, 0.2) is 0 Å². The van der Waals surface area contributed by atoms with Crippen molar-refractivity contribution < 1.29 is 33.4 Å². The van der Waals surface area contributed by atoms with E-state index >= 15 is 0 Å². The lowest BCUT2D eigenvalue weighted by molar-refractivity contribution is -0.155. The highest BCUT2D eigenvalue weighted by Gasteiger charge is 2.28. The number of hydrogen-bond acceptors (Lipinski definition) is 8. The van der Waals surface area contributed by atoms with Crippen molar-refractivity contribution in [1.29, 1.82) is 0 Å². The fourth-order valence-corrected chi connectivity index (χ4v) is 3.28. The second kappa shape index (κ2) is 15.0. The summed E-state index contributed by atoms with van der Waals surface area (Å²) in [6.45, 7) is 10.6. The van der Waals surface area contributed by atoms with Crippen molar-refractivity contribution in [1.82, 2.24) is 10.6 Å². The Balaban J connectivity index is 4.98. The van der Waals surface area contributed by atoms with E-state index < -0.39 is 41.3 Å². The number of esters is 2. The van der Waals surface area contributed by atoms with Gasteiger partial charge in [-0.3, -0.25) is 9.59 Å². The van der Waals surface area contributed by atoms with Crippen LogP contribution in [0.1, 0.15) is 80.1 Å². The van der Waals surface area contributed by atoms with Crippen molar-refractivity contribution >= 4 is 35.7 Å². The van der Waals surface area contributed by atoms with Crippen LogP contribution in [0.5, 0.6) is 0 Å². The molecule has 192 valence electrons. The van der Waals surface area contributed by atoms with Crippen LogP contribution in [0.4, 0.5) is 4.79 Å². The zero-order chi connectivity index (χ0) is 25.7. The number of carbonyl (C=O) groups is 4. The van der Waals surface area contributed by atoms with Gasteiger partial charge in [-0.05, 0) is 72.8 Å². The maximum absolute atomic E-state index is 12.9. The van der Waals surface area contributed by atoms with Crippen molar-refractivity contribution in [3.8, 4) is 0 Å². The molecule has 2 unspecified atom stereocenters. The van der Waals surface area contributed by atoms with Crippen LogP contribution in [0, 0.1) is 0 Å². The SMILES string of the molecule is COC(=O)C(CCSC)NC(=O)C(CCCCCC(=O)OC(C)(C)C)NC(=O)OC(C)(C)C. The average molecular weight is 491 g/mol. The van der Waals surface area contributed by atoms with Gasteiger partial charge in [0.25, 0.3) is 0 Å². The van der Waals surface area contributed by atoms with Gasteiger partial charge in [0.2, 0.25) is 5.91 Å². The van der Waals surface area contributed by atoms with Crippen LogP contribution in [0.3, 0.4) is 0 Å². The Hall–Kier alpha value is -1.97. The van der Waals surface area contributed by atoms with E-state index in [-0.39, 0.29) is 12.4 Å². The topological polar surface area (TPSA) is 120 Å². The molecule has 0 heterocycles. The molecular formula is C23H42N2O7S. The molecule has 0 spiro atoms. The van der Waals surface area contributed by atoms with Gasteiger partial charge in [-0.15, -0.1) is 0 Å². The van der Waals surface area contributed by atoms with E-state index in [0.29, 0.717) is 37.9 Å². The highest BCUT2D eigenvalue weighted by molar-refractivity contribution is 7.98. The van der Waals surface area contributed by atoms with Gasteiger partial charge in [0, 0.05) is 6.42 Å². The fraction of sp³-hybridized carbons (Fsp3) is 0.826. The van der Waals surface area contributed by atoms with Gasteiger partial charge >= 0.3 is 18.0 Å². The first-order chi connectivity index (χ1) is 15.2. The first-order valence-corrected chi connectivity index (χ1v) is 12.7. The monoisotopic (exact) mass is 490 g/mol. The van der Waals surface area contributed by atoms with Gasteiger partial charge in [0.05, 0.1) is 7.11 Å². The molecule has 10 heteroatoms. The Bertz CT molecular complexity index is 642. The summed E-state index contributed by atoms with van der Waals surface area (Å²) in [5.41, 5.74) is -1.24. The lowest BCUT2D eigenvalue weighted by atomic mass is 10.1. The minimum Gasteiger partial charge on any atom is -0.467 e. The Morgan fingerprint density at radius 1 is 0.818 bits per heavy atom. The second-order valence-electron chi connectivity index (χ2n) is 9.75. The maximum atomic E-state index is 12.9. The number of nitrogens with one attached hydrogen (secondary N) is 2. The summed E-state index contributed by atoms with van der Waals surface area (Å²) in [5.74, 6) is -0.622. The standard InChI is InChI=1S/C23H42N2O7S/c1-22(2,3)31-18(26)13-11-9-10-12-16(25-21(29)32-23(4,5)6)19(27)24-17(14-15-33-8)20(28)30-7/h16-17H,9-15H2,1-8H3,(H,24,27)(H,25,29). The molecule has 9 nitrogen and oxygen atoms in total. The van der Waals surface area contributed by atoms with Gasteiger partial charge in [-0.1, -0.05) is 12.8 Å². The molecule has 0 aliphatic rings. The summed E-state index contributed by atoms with van der Waals surface area (Å²) < 4.78 is 15.4. The zero-order valence-corrected chi connectivity index (χ0v) is 22.2. The van der Waals surface area contributed by atoms with Crippen LogP contribution in [0.2, 0.25) is 0 Å². The zero-order valence-electron chi connectivity index (χ0n) is 21.4. The van der Waals surface area contributed by atoms with Gasteiger partial charge in [0.1, 0.15) is 23.3 Å². The van der Waals surface area contributed by atoms with Gasteiger partial charge < -0.3 is 24.8 Å². The lowest BCUT2D eigenvalue weighted by Crippen LogP contribution is -2.52. The molecule has 0 saturated heterocycles. The Kier molecular flexibility index (Phi) is 14.1. The van der Waals surface area contributed by atoms with Crippen LogP contribution in [0.25, 0.3) is 0 Å². The summed E-state index contributed by atoms with van der Waals surface area (Å²) in [6.07, 6.45) is 4.08. The number of hydrogen-bond donors (Lipinski definition) is 2. The minimum absolute atomic E-state index is 0.265. The normalized spacial score (nSPS) is 13.5. The van der Waals surface area contributed by atoms with Gasteiger partial charge in [-0.2, -0.15) is 11.8 Å². The number of alkyl carbamates (subject to hydrolysis) is 1. The number of amides is 2. The third kappa shape index (κ3) is 16.3. The van der Waals surface area contributed by atoms with Crippen molar-refractivity contribution in [2.24, 2.45) is 0 Å². The van der Waals surface area contributed by atoms with Crippen molar-refractivity contribution in [2.75, 3.05) is 19.1 Å². The molecule has 0 aromatic rings. The average Bonchev–Trinajstić information content (AvgIpc) is 2.66. The summed E-state index contributed by atoms with van der Waals surface area (Å²) in [7, 11) is 1.27. The molecule has 0 bridgehead atoms. The summed E-state index contributed by atoms with van der Waals surface area (Å²) >= 11 is 1.55. The van der Waals surface area contributed by atoms with E-state index in [0.717, 1.165) is 0 Å². The molecule has 0 rings (SSSR count). The molecule has 0 aliphatic carbocycles. The molecule has 0 aromatic carbocycles. The molecule has 0 radical (unpaired) electrons. The van der Waals surface area contributed by atoms with E-state index in [1.165, 1.54) is 7.11 Å². The summed E-state index contributed by atoms with van der Waals surface area (Å²) in [4.78, 5) is 49.0. The highest BCUT2D eigenvalue weighted by Crippen LogP contribution is 2.13. The molecule has 0 aliphatic heterocycles. The molecule has 2 atom stereocenters. The third-order valence-corrected chi connectivity index (χ3v) is 4.86. The van der Waals surface area contributed by atoms with Gasteiger partial charge in [0.15, 0.2) is 0 Å². The quantitative estimate of drug-likeness (QED) is 0.228. The Labute approximate surface area is 202 Å². The summed E-state index contributed by atoms with van der Waals surface area (Å²) in [5, 5.41) is 5.28. The Morgan fingerprint density at radius 2 is 1.42 bits per heavy atom. The van der Waals surface area contributed by atoms with E-state index in [1.807, 2.05) is 27.0 Å². The van der Waals surface area contributed by atoms with Crippen molar-refractivity contribution in [2.45, 2.75) is 103 Å². The van der Waals surface area contributed by atoms with E-state index in [4.69, 9.17) is 14.2 Å². The van der Waals surface area contributed by atoms with E-state index in [9.17, 15) is 19.2 Å². The molecular weight excluding hydrogens is 448 g/mol. The second-order valence-corrected chi connectivity index (χ2v) is 10.7. The van der Waals surface area contributed by atoms with Crippen LogP contribution in [-0.4, -0.2) is 66.3 Å². The predicted octanol–water partition coefficient (Wildman–Crippen LogP) is 3.58. The largest absolute Gasteiger partial charge is 0.467 e.